The molecule has 1 heterocycles. The molecular formula is C22H32F3N3O4. The van der Waals surface area contributed by atoms with Crippen LogP contribution < -0.4 is 10.1 Å². The van der Waals surface area contributed by atoms with E-state index in [1.165, 1.54) is 18.9 Å². The highest BCUT2D eigenvalue weighted by atomic mass is 19.4. The van der Waals surface area contributed by atoms with Crippen molar-refractivity contribution in [3.8, 4) is 5.75 Å². The molecule has 2 amide bonds. The van der Waals surface area contributed by atoms with Crippen LogP contribution in [0.25, 0.3) is 0 Å². The number of rotatable bonds is 4. The van der Waals surface area contributed by atoms with Gasteiger partial charge in [0.1, 0.15) is 12.4 Å². The van der Waals surface area contributed by atoms with E-state index in [4.69, 9.17) is 9.47 Å². The smallest absolute Gasteiger partial charge is 0.390 e. The number of carbonyl (C=O) groups is 2. The molecule has 2 rings (SSSR count). The van der Waals surface area contributed by atoms with Crippen molar-refractivity contribution in [3.05, 3.63) is 23.8 Å². The Bertz CT molecular complexity index is 803. The highest BCUT2D eigenvalue weighted by molar-refractivity contribution is 5.98. The lowest BCUT2D eigenvalue weighted by Crippen LogP contribution is -2.47. The molecule has 10 heteroatoms. The summed E-state index contributed by atoms with van der Waals surface area (Å²) in [5.74, 6) is -0.402. The Morgan fingerprint density at radius 2 is 1.97 bits per heavy atom. The maximum absolute atomic E-state index is 13.1. The zero-order valence-corrected chi connectivity index (χ0v) is 19.2. The molecule has 1 N–H and O–H groups in total. The molecule has 0 bridgehead atoms. The molecular weight excluding hydrogens is 427 g/mol. The molecule has 1 aliphatic heterocycles. The number of alkyl halides is 3. The summed E-state index contributed by atoms with van der Waals surface area (Å²) < 4.78 is 50.2. The van der Waals surface area contributed by atoms with Crippen LogP contribution in [0.15, 0.2) is 18.2 Å². The number of methoxy groups -OCH3 is 1. The van der Waals surface area contributed by atoms with E-state index in [1.54, 1.807) is 37.1 Å². The van der Waals surface area contributed by atoms with Gasteiger partial charge in [0.05, 0.1) is 18.1 Å². The number of halogens is 3. The second-order valence-corrected chi connectivity index (χ2v) is 8.35. The van der Waals surface area contributed by atoms with E-state index >= 15 is 0 Å². The fourth-order valence-corrected chi connectivity index (χ4v) is 3.71. The number of carbonyl (C=O) groups excluding carboxylic acids is 2. The summed E-state index contributed by atoms with van der Waals surface area (Å²) in [7, 11) is 3.17. The van der Waals surface area contributed by atoms with Gasteiger partial charge in [-0.15, -0.1) is 0 Å². The Morgan fingerprint density at radius 1 is 1.28 bits per heavy atom. The van der Waals surface area contributed by atoms with Gasteiger partial charge in [-0.1, -0.05) is 6.92 Å². The number of hydrogen-bond donors (Lipinski definition) is 1. The lowest BCUT2D eigenvalue weighted by molar-refractivity contribution is -0.140. The van der Waals surface area contributed by atoms with Crippen LogP contribution in [0, 0.1) is 5.92 Å². The van der Waals surface area contributed by atoms with E-state index in [9.17, 15) is 22.8 Å². The largest absolute Gasteiger partial charge is 0.491 e. The van der Waals surface area contributed by atoms with Crippen LogP contribution in [0.4, 0.5) is 18.9 Å². The van der Waals surface area contributed by atoms with Crippen LogP contribution in [-0.2, 0) is 9.53 Å². The van der Waals surface area contributed by atoms with Crippen molar-refractivity contribution in [2.45, 2.75) is 45.5 Å². The number of fused-ring (bicyclic) bond motifs is 1. The van der Waals surface area contributed by atoms with Gasteiger partial charge in [0, 0.05) is 58.5 Å². The predicted octanol–water partition coefficient (Wildman–Crippen LogP) is 3.40. The van der Waals surface area contributed by atoms with E-state index in [-0.39, 0.29) is 55.3 Å². The van der Waals surface area contributed by atoms with Crippen molar-refractivity contribution in [2.75, 3.05) is 45.7 Å². The Balaban J connectivity index is 2.39. The molecule has 1 aliphatic rings. The lowest BCUT2D eigenvalue weighted by Gasteiger charge is -2.36. The number of benzene rings is 1. The summed E-state index contributed by atoms with van der Waals surface area (Å²) in [5.41, 5.74) is 0.766. The first-order valence-electron chi connectivity index (χ1n) is 10.5. The highest BCUT2D eigenvalue weighted by Crippen LogP contribution is 2.27. The zero-order chi connectivity index (χ0) is 24.1. The number of amides is 2. The molecule has 0 aliphatic carbocycles. The topological polar surface area (TPSA) is 71.1 Å². The van der Waals surface area contributed by atoms with Gasteiger partial charge in [0.15, 0.2) is 0 Å². The minimum Gasteiger partial charge on any atom is -0.491 e. The van der Waals surface area contributed by atoms with E-state index in [0.29, 0.717) is 17.8 Å². The fourth-order valence-electron chi connectivity index (χ4n) is 3.71. The SMILES string of the molecule is CO[C@@H]1CN(C)C(=O)c2ccc(NC(C)=O)cc2OC[C@H](C)N(CCC(F)(F)F)C[C@@H]1C. The first-order valence-corrected chi connectivity index (χ1v) is 10.5. The minimum absolute atomic E-state index is 0.0791. The summed E-state index contributed by atoms with van der Waals surface area (Å²) in [6, 6.07) is 4.39. The summed E-state index contributed by atoms with van der Waals surface area (Å²) in [4.78, 5) is 27.7. The molecule has 0 spiro atoms. The Morgan fingerprint density at radius 3 is 2.56 bits per heavy atom. The van der Waals surface area contributed by atoms with Crippen molar-refractivity contribution in [1.82, 2.24) is 9.80 Å². The first-order chi connectivity index (χ1) is 14.9. The van der Waals surface area contributed by atoms with Crippen molar-refractivity contribution in [3.63, 3.8) is 0 Å². The van der Waals surface area contributed by atoms with Crippen LogP contribution in [0.2, 0.25) is 0 Å². The standard InChI is InChI=1S/C22H32F3N3O4/c1-14-11-28(9-8-22(23,24)25)15(2)13-32-19-10-17(26-16(3)29)6-7-18(19)21(30)27(4)12-20(14)31-5/h6-7,10,14-15,20H,8-9,11-13H2,1-5H3,(H,26,29)/t14-,15-,20+/m0/s1. The number of anilines is 1. The van der Waals surface area contributed by atoms with E-state index in [2.05, 4.69) is 5.32 Å². The second kappa shape index (κ2) is 11.0. The monoisotopic (exact) mass is 459 g/mol. The maximum Gasteiger partial charge on any atom is 0.390 e. The van der Waals surface area contributed by atoms with Crippen LogP contribution in [0.5, 0.6) is 5.75 Å². The summed E-state index contributed by atoms with van der Waals surface area (Å²) >= 11 is 0. The third kappa shape index (κ3) is 7.37. The number of nitrogens with zero attached hydrogens (tertiary/aromatic N) is 2. The molecule has 0 saturated heterocycles. The van der Waals surface area contributed by atoms with Gasteiger partial charge in [-0.2, -0.15) is 13.2 Å². The number of likely N-dealkylation sites (N-methyl/N-ethyl adjacent to an activating group) is 1. The third-order valence-corrected chi connectivity index (χ3v) is 5.58. The van der Waals surface area contributed by atoms with E-state index < -0.39 is 12.6 Å². The average Bonchev–Trinajstić information content (AvgIpc) is 2.70. The first kappa shape index (κ1) is 25.9. The van der Waals surface area contributed by atoms with Crippen molar-refractivity contribution < 1.29 is 32.2 Å². The Kier molecular flexibility index (Phi) is 8.91. The maximum atomic E-state index is 13.1. The Hall–Kier alpha value is -2.33. The molecule has 0 radical (unpaired) electrons. The number of ether oxygens (including phenoxy) is 2. The van der Waals surface area contributed by atoms with Crippen LogP contribution in [0.3, 0.4) is 0 Å². The van der Waals surface area contributed by atoms with E-state index in [1.807, 2.05) is 6.92 Å². The van der Waals surface area contributed by atoms with Gasteiger partial charge in [-0.25, -0.2) is 0 Å². The van der Waals surface area contributed by atoms with Gasteiger partial charge in [-0.05, 0) is 25.0 Å². The zero-order valence-electron chi connectivity index (χ0n) is 19.2. The predicted molar refractivity (Wildman–Crippen MR) is 115 cm³/mol. The minimum atomic E-state index is -4.26. The van der Waals surface area contributed by atoms with Gasteiger partial charge in [0.25, 0.3) is 5.91 Å². The van der Waals surface area contributed by atoms with Gasteiger partial charge in [-0.3, -0.25) is 14.5 Å². The quantitative estimate of drug-likeness (QED) is 0.747. The van der Waals surface area contributed by atoms with Gasteiger partial charge in [0.2, 0.25) is 5.91 Å². The molecule has 0 saturated carbocycles. The van der Waals surface area contributed by atoms with Gasteiger partial charge >= 0.3 is 6.18 Å². The van der Waals surface area contributed by atoms with Crippen molar-refractivity contribution in [2.24, 2.45) is 5.92 Å². The molecule has 1 aromatic rings. The molecule has 0 unspecified atom stereocenters. The average molecular weight is 460 g/mol. The molecule has 0 aromatic heterocycles. The fraction of sp³-hybridized carbons (Fsp3) is 0.636. The Labute approximate surface area is 186 Å². The summed E-state index contributed by atoms with van der Waals surface area (Å²) in [6.45, 7) is 5.61. The van der Waals surface area contributed by atoms with Crippen LogP contribution >= 0.6 is 0 Å². The second-order valence-electron chi connectivity index (χ2n) is 8.35. The van der Waals surface area contributed by atoms with Gasteiger partial charge < -0.3 is 19.7 Å². The molecule has 3 atom stereocenters. The van der Waals surface area contributed by atoms with Crippen molar-refractivity contribution >= 4 is 17.5 Å². The molecule has 32 heavy (non-hydrogen) atoms. The molecule has 7 nitrogen and oxygen atoms in total. The number of hydrogen-bond acceptors (Lipinski definition) is 5. The summed E-state index contributed by atoms with van der Waals surface area (Å²) in [5, 5.41) is 2.65. The third-order valence-electron chi connectivity index (χ3n) is 5.58. The number of nitrogens with one attached hydrogen (secondary N) is 1. The lowest BCUT2D eigenvalue weighted by atomic mass is 10.0. The summed E-state index contributed by atoms with van der Waals surface area (Å²) in [6.07, 6.45) is -5.55. The van der Waals surface area contributed by atoms with E-state index in [0.717, 1.165) is 0 Å². The highest BCUT2D eigenvalue weighted by Gasteiger charge is 2.32. The normalized spacial score (nSPS) is 23.6. The van der Waals surface area contributed by atoms with Crippen LogP contribution in [-0.4, -0.2) is 80.3 Å². The molecule has 1 aromatic carbocycles. The molecule has 180 valence electrons. The van der Waals surface area contributed by atoms with Crippen molar-refractivity contribution in [1.29, 1.82) is 0 Å². The van der Waals surface area contributed by atoms with Crippen LogP contribution in [0.1, 0.15) is 37.6 Å². The molecule has 0 fully saturated rings.